The van der Waals surface area contributed by atoms with Crippen LogP contribution in [0.25, 0.3) is 0 Å². The number of carbonyl (C=O) groups excluding carboxylic acids is 1. The fourth-order valence-electron chi connectivity index (χ4n) is 2.83. The summed E-state index contributed by atoms with van der Waals surface area (Å²) in [4.78, 5) is 16.5. The van der Waals surface area contributed by atoms with Gasteiger partial charge in [0, 0.05) is 25.2 Å². The second-order valence-electron chi connectivity index (χ2n) is 5.46. The van der Waals surface area contributed by atoms with Crippen LogP contribution >= 0.6 is 0 Å². The molecule has 104 valence electrons. The van der Waals surface area contributed by atoms with Crippen LogP contribution in [0.15, 0.2) is 30.3 Å². The maximum Gasteiger partial charge on any atom is 0.226 e. The average Bonchev–Trinajstić information content (AvgIpc) is 2.45. The quantitative estimate of drug-likeness (QED) is 0.831. The maximum absolute atomic E-state index is 12.2. The Labute approximate surface area is 116 Å². The predicted molar refractivity (Wildman–Crippen MR) is 79.3 cm³/mol. The number of hydrogen-bond donors (Lipinski definition) is 0. The van der Waals surface area contributed by atoms with Crippen LogP contribution in [-0.4, -0.2) is 37.5 Å². The molecule has 0 radical (unpaired) electrons. The molecule has 0 aliphatic carbocycles. The van der Waals surface area contributed by atoms with Crippen LogP contribution in [-0.2, 0) is 4.79 Å². The number of para-hydroxylation sites is 1. The van der Waals surface area contributed by atoms with Gasteiger partial charge in [0.2, 0.25) is 5.91 Å². The highest BCUT2D eigenvalue weighted by Gasteiger charge is 2.22. The zero-order valence-corrected chi connectivity index (χ0v) is 12.0. The van der Waals surface area contributed by atoms with Gasteiger partial charge in [0.1, 0.15) is 0 Å². The molecule has 0 saturated carbocycles. The van der Waals surface area contributed by atoms with Crippen molar-refractivity contribution in [3.8, 4) is 0 Å². The van der Waals surface area contributed by atoms with Crippen molar-refractivity contribution in [3.63, 3.8) is 0 Å². The van der Waals surface area contributed by atoms with Gasteiger partial charge in [-0.3, -0.25) is 4.79 Å². The molecule has 19 heavy (non-hydrogen) atoms. The highest BCUT2D eigenvalue weighted by molar-refractivity contribution is 5.93. The number of anilines is 1. The Kier molecular flexibility index (Phi) is 4.97. The summed E-state index contributed by atoms with van der Waals surface area (Å²) < 4.78 is 0. The molecule has 1 saturated heterocycles. The van der Waals surface area contributed by atoms with E-state index < -0.39 is 0 Å². The van der Waals surface area contributed by atoms with Crippen molar-refractivity contribution in [1.29, 1.82) is 0 Å². The largest absolute Gasteiger partial charge is 0.312 e. The van der Waals surface area contributed by atoms with Crippen molar-refractivity contribution in [2.45, 2.75) is 26.2 Å². The number of benzene rings is 1. The van der Waals surface area contributed by atoms with Crippen molar-refractivity contribution < 1.29 is 4.79 Å². The molecule has 0 spiro atoms. The molecular formula is C16H24N2O. The van der Waals surface area contributed by atoms with Gasteiger partial charge in [-0.15, -0.1) is 0 Å². The fraction of sp³-hybridized carbons (Fsp3) is 0.562. The van der Waals surface area contributed by atoms with E-state index in [4.69, 9.17) is 0 Å². The molecule has 0 N–H and O–H groups in total. The summed E-state index contributed by atoms with van der Waals surface area (Å²) in [6.45, 7) is 5.07. The minimum Gasteiger partial charge on any atom is -0.312 e. The molecule has 1 aliphatic heterocycles. The van der Waals surface area contributed by atoms with E-state index in [-0.39, 0.29) is 5.91 Å². The minimum absolute atomic E-state index is 0.222. The molecule has 0 bridgehead atoms. The molecule has 1 aromatic rings. The lowest BCUT2D eigenvalue weighted by Gasteiger charge is -2.33. The Balaban J connectivity index is 2.08. The van der Waals surface area contributed by atoms with Gasteiger partial charge in [0.05, 0.1) is 0 Å². The van der Waals surface area contributed by atoms with Gasteiger partial charge in [-0.05, 0) is 44.5 Å². The fourth-order valence-corrected chi connectivity index (χ4v) is 2.83. The lowest BCUT2D eigenvalue weighted by molar-refractivity contribution is -0.118. The Morgan fingerprint density at radius 3 is 2.74 bits per heavy atom. The zero-order valence-electron chi connectivity index (χ0n) is 12.0. The molecule has 1 atom stereocenters. The molecule has 1 aromatic carbocycles. The molecule has 1 heterocycles. The van der Waals surface area contributed by atoms with E-state index in [1.54, 1.807) is 0 Å². The van der Waals surface area contributed by atoms with Crippen molar-refractivity contribution >= 4 is 11.6 Å². The topological polar surface area (TPSA) is 23.6 Å². The van der Waals surface area contributed by atoms with E-state index in [1.807, 2.05) is 42.2 Å². The zero-order chi connectivity index (χ0) is 13.7. The first-order valence-electron chi connectivity index (χ1n) is 7.24. The van der Waals surface area contributed by atoms with Crippen LogP contribution in [0.1, 0.15) is 26.2 Å². The van der Waals surface area contributed by atoms with Crippen LogP contribution in [0, 0.1) is 5.92 Å². The molecular weight excluding hydrogens is 236 g/mol. The predicted octanol–water partition coefficient (Wildman–Crippen LogP) is 2.77. The minimum atomic E-state index is 0.222. The second kappa shape index (κ2) is 6.71. The van der Waals surface area contributed by atoms with Gasteiger partial charge in [-0.25, -0.2) is 0 Å². The second-order valence-corrected chi connectivity index (χ2v) is 5.46. The van der Waals surface area contributed by atoms with Crippen molar-refractivity contribution in [3.05, 3.63) is 30.3 Å². The molecule has 1 amide bonds. The van der Waals surface area contributed by atoms with E-state index in [0.717, 1.165) is 18.8 Å². The summed E-state index contributed by atoms with van der Waals surface area (Å²) in [5.41, 5.74) is 1.03. The summed E-state index contributed by atoms with van der Waals surface area (Å²) in [7, 11) is 2.17. The van der Waals surface area contributed by atoms with E-state index in [0.29, 0.717) is 12.3 Å². The lowest BCUT2D eigenvalue weighted by atomic mass is 9.97. The van der Waals surface area contributed by atoms with Crippen LogP contribution in [0.3, 0.4) is 0 Å². The van der Waals surface area contributed by atoms with Crippen molar-refractivity contribution in [2.24, 2.45) is 5.92 Å². The van der Waals surface area contributed by atoms with Crippen molar-refractivity contribution in [1.82, 2.24) is 4.90 Å². The Hall–Kier alpha value is -1.35. The number of amides is 1. The van der Waals surface area contributed by atoms with Crippen molar-refractivity contribution in [2.75, 3.05) is 31.6 Å². The van der Waals surface area contributed by atoms with Gasteiger partial charge in [-0.2, -0.15) is 0 Å². The monoisotopic (exact) mass is 260 g/mol. The highest BCUT2D eigenvalue weighted by Crippen LogP contribution is 2.21. The van der Waals surface area contributed by atoms with Crippen LogP contribution in [0.5, 0.6) is 0 Å². The van der Waals surface area contributed by atoms with Gasteiger partial charge < -0.3 is 9.80 Å². The number of nitrogens with zero attached hydrogens (tertiary/aromatic N) is 2. The first kappa shape index (κ1) is 14.1. The smallest absolute Gasteiger partial charge is 0.226 e. The van der Waals surface area contributed by atoms with E-state index >= 15 is 0 Å². The van der Waals surface area contributed by atoms with Crippen LogP contribution in [0.2, 0.25) is 0 Å². The summed E-state index contributed by atoms with van der Waals surface area (Å²) in [5, 5.41) is 0. The average molecular weight is 260 g/mol. The molecule has 2 rings (SSSR count). The summed E-state index contributed by atoms with van der Waals surface area (Å²) >= 11 is 0. The van der Waals surface area contributed by atoms with E-state index in [9.17, 15) is 4.79 Å². The number of piperidine rings is 1. The number of hydrogen-bond acceptors (Lipinski definition) is 2. The van der Waals surface area contributed by atoms with E-state index in [2.05, 4.69) is 11.9 Å². The van der Waals surface area contributed by atoms with Gasteiger partial charge in [-0.1, -0.05) is 25.1 Å². The summed E-state index contributed by atoms with van der Waals surface area (Å²) in [6, 6.07) is 10.0. The van der Waals surface area contributed by atoms with Gasteiger partial charge in [0.25, 0.3) is 0 Å². The molecule has 0 aromatic heterocycles. The van der Waals surface area contributed by atoms with E-state index in [1.165, 1.54) is 19.4 Å². The van der Waals surface area contributed by atoms with Crippen LogP contribution < -0.4 is 4.90 Å². The van der Waals surface area contributed by atoms with Crippen LogP contribution in [0.4, 0.5) is 5.69 Å². The standard InChI is InChI=1S/C16H24N2O/c1-3-16(19)18(15-9-5-4-6-10-15)13-14-8-7-11-17(2)12-14/h4-6,9-10,14H,3,7-8,11-13H2,1-2H3. The molecule has 1 unspecified atom stereocenters. The third-order valence-electron chi connectivity index (χ3n) is 3.83. The summed E-state index contributed by atoms with van der Waals surface area (Å²) in [6.07, 6.45) is 3.03. The molecule has 3 heteroatoms. The van der Waals surface area contributed by atoms with Gasteiger partial charge in [0.15, 0.2) is 0 Å². The van der Waals surface area contributed by atoms with Gasteiger partial charge >= 0.3 is 0 Å². The first-order chi connectivity index (χ1) is 9.20. The third kappa shape index (κ3) is 3.80. The maximum atomic E-state index is 12.2. The molecule has 3 nitrogen and oxygen atoms in total. The number of rotatable bonds is 4. The Morgan fingerprint density at radius 2 is 2.11 bits per heavy atom. The highest BCUT2D eigenvalue weighted by atomic mass is 16.2. The number of likely N-dealkylation sites (tertiary alicyclic amines) is 1. The normalized spacial score (nSPS) is 20.2. The summed E-state index contributed by atoms with van der Waals surface area (Å²) in [5.74, 6) is 0.814. The molecule has 1 fully saturated rings. The first-order valence-corrected chi connectivity index (χ1v) is 7.24. The number of carbonyl (C=O) groups is 1. The molecule has 1 aliphatic rings. The third-order valence-corrected chi connectivity index (χ3v) is 3.83. The Bertz CT molecular complexity index is 404. The lowest BCUT2D eigenvalue weighted by Crippen LogP contribution is -2.41. The SMILES string of the molecule is CCC(=O)N(CC1CCCN(C)C1)c1ccccc1. The Morgan fingerprint density at radius 1 is 1.37 bits per heavy atom.